The molecular formula is C16H14FN3O3S. The predicted molar refractivity (Wildman–Crippen MR) is 91.1 cm³/mol. The summed E-state index contributed by atoms with van der Waals surface area (Å²) in [6.45, 7) is 1.36. The van der Waals surface area contributed by atoms with Crippen molar-refractivity contribution in [3.8, 4) is 0 Å². The van der Waals surface area contributed by atoms with Crippen LogP contribution in [0.1, 0.15) is 5.56 Å². The number of fused-ring (bicyclic) bond motifs is 1. The van der Waals surface area contributed by atoms with Crippen LogP contribution in [0.15, 0.2) is 39.2 Å². The van der Waals surface area contributed by atoms with Crippen molar-refractivity contribution < 1.29 is 9.18 Å². The lowest BCUT2D eigenvalue weighted by Gasteiger charge is -2.10. The normalized spacial score (nSPS) is 11.0. The van der Waals surface area contributed by atoms with Gasteiger partial charge in [-0.15, -0.1) is 11.3 Å². The Labute approximate surface area is 139 Å². The van der Waals surface area contributed by atoms with E-state index in [2.05, 4.69) is 5.32 Å². The molecule has 1 N–H and O–H groups in total. The lowest BCUT2D eigenvalue weighted by atomic mass is 10.2. The summed E-state index contributed by atoms with van der Waals surface area (Å²) >= 11 is 1.22. The fraction of sp³-hybridized carbons (Fsp3) is 0.188. The van der Waals surface area contributed by atoms with E-state index in [1.807, 2.05) is 0 Å². The molecule has 0 aliphatic heterocycles. The molecule has 1 amide bonds. The SMILES string of the molecule is Cc1cc(NC(=O)Cn2c(=O)n(C)c(=O)c3sccc32)ccc1F. The van der Waals surface area contributed by atoms with Crippen molar-refractivity contribution >= 4 is 33.1 Å². The zero-order valence-corrected chi connectivity index (χ0v) is 13.8. The second-order valence-electron chi connectivity index (χ2n) is 5.38. The highest BCUT2D eigenvalue weighted by molar-refractivity contribution is 7.17. The van der Waals surface area contributed by atoms with Gasteiger partial charge in [0, 0.05) is 12.7 Å². The van der Waals surface area contributed by atoms with E-state index in [4.69, 9.17) is 0 Å². The summed E-state index contributed by atoms with van der Waals surface area (Å²) in [5.41, 5.74) is 0.344. The van der Waals surface area contributed by atoms with Gasteiger partial charge in [0.1, 0.15) is 17.1 Å². The molecule has 0 spiro atoms. The smallest absolute Gasteiger partial charge is 0.325 e. The van der Waals surface area contributed by atoms with E-state index in [1.54, 1.807) is 18.4 Å². The molecule has 0 atom stereocenters. The highest BCUT2D eigenvalue weighted by Crippen LogP contribution is 2.16. The number of amides is 1. The molecular weight excluding hydrogens is 333 g/mol. The quantitative estimate of drug-likeness (QED) is 0.786. The Morgan fingerprint density at radius 3 is 2.75 bits per heavy atom. The Morgan fingerprint density at radius 2 is 2.04 bits per heavy atom. The molecule has 8 heteroatoms. The van der Waals surface area contributed by atoms with Crippen LogP contribution in [-0.2, 0) is 18.4 Å². The first-order chi connectivity index (χ1) is 11.4. The van der Waals surface area contributed by atoms with E-state index in [0.717, 1.165) is 4.57 Å². The summed E-state index contributed by atoms with van der Waals surface area (Å²) in [7, 11) is 1.38. The topological polar surface area (TPSA) is 73.1 Å². The third-order valence-electron chi connectivity index (χ3n) is 3.70. The summed E-state index contributed by atoms with van der Waals surface area (Å²) in [5, 5.41) is 4.32. The molecule has 0 unspecified atom stereocenters. The van der Waals surface area contributed by atoms with Crippen LogP contribution in [0, 0.1) is 12.7 Å². The van der Waals surface area contributed by atoms with E-state index < -0.39 is 11.6 Å². The molecule has 0 saturated heterocycles. The van der Waals surface area contributed by atoms with Crippen molar-refractivity contribution in [2.75, 3.05) is 5.32 Å². The second-order valence-corrected chi connectivity index (χ2v) is 6.30. The minimum atomic E-state index is -0.559. The Kier molecular flexibility index (Phi) is 4.06. The van der Waals surface area contributed by atoms with E-state index >= 15 is 0 Å². The number of rotatable bonds is 3. The lowest BCUT2D eigenvalue weighted by Crippen LogP contribution is -2.39. The van der Waals surface area contributed by atoms with Crippen molar-refractivity contribution in [1.29, 1.82) is 0 Å². The number of hydrogen-bond acceptors (Lipinski definition) is 4. The molecule has 3 aromatic rings. The maximum Gasteiger partial charge on any atom is 0.331 e. The van der Waals surface area contributed by atoms with Crippen LogP contribution in [0.4, 0.5) is 10.1 Å². The van der Waals surface area contributed by atoms with E-state index in [0.29, 0.717) is 21.5 Å². The van der Waals surface area contributed by atoms with Crippen LogP contribution in [-0.4, -0.2) is 15.0 Å². The first-order valence-corrected chi connectivity index (χ1v) is 7.99. The average Bonchev–Trinajstić information content (AvgIpc) is 3.02. The molecule has 124 valence electrons. The highest BCUT2D eigenvalue weighted by atomic mass is 32.1. The van der Waals surface area contributed by atoms with Gasteiger partial charge in [-0.25, -0.2) is 9.18 Å². The molecule has 2 aromatic heterocycles. The molecule has 6 nitrogen and oxygen atoms in total. The first kappa shape index (κ1) is 16.1. The number of halogens is 1. The van der Waals surface area contributed by atoms with Crippen molar-refractivity contribution in [2.24, 2.45) is 7.05 Å². The number of thiophene rings is 1. The number of nitrogens with one attached hydrogen (secondary N) is 1. The van der Waals surface area contributed by atoms with Crippen LogP contribution in [0.25, 0.3) is 10.2 Å². The lowest BCUT2D eigenvalue weighted by molar-refractivity contribution is -0.116. The van der Waals surface area contributed by atoms with Crippen LogP contribution in [0.3, 0.4) is 0 Å². The number of benzene rings is 1. The number of hydrogen-bond donors (Lipinski definition) is 1. The number of carbonyl (C=O) groups excluding carboxylic acids is 1. The van der Waals surface area contributed by atoms with Gasteiger partial charge in [-0.2, -0.15) is 0 Å². The van der Waals surface area contributed by atoms with Gasteiger partial charge >= 0.3 is 5.69 Å². The zero-order chi connectivity index (χ0) is 17.4. The zero-order valence-electron chi connectivity index (χ0n) is 13.0. The monoisotopic (exact) mass is 347 g/mol. The summed E-state index contributed by atoms with van der Waals surface area (Å²) in [4.78, 5) is 36.6. The molecule has 0 radical (unpaired) electrons. The Bertz CT molecular complexity index is 1060. The average molecular weight is 347 g/mol. The molecule has 0 aliphatic rings. The van der Waals surface area contributed by atoms with Gasteiger partial charge in [-0.1, -0.05) is 0 Å². The van der Waals surface area contributed by atoms with Crippen LogP contribution in [0.5, 0.6) is 0 Å². The highest BCUT2D eigenvalue weighted by Gasteiger charge is 2.14. The number of carbonyl (C=O) groups is 1. The molecule has 0 fully saturated rings. The summed E-state index contributed by atoms with van der Waals surface area (Å²) in [5.74, 6) is -0.795. The summed E-state index contributed by atoms with van der Waals surface area (Å²) in [6, 6.07) is 5.86. The molecule has 2 heterocycles. The third-order valence-corrected chi connectivity index (χ3v) is 4.59. The minimum absolute atomic E-state index is 0.239. The van der Waals surface area contributed by atoms with Crippen LogP contribution >= 0.6 is 11.3 Å². The largest absolute Gasteiger partial charge is 0.331 e. The minimum Gasteiger partial charge on any atom is -0.325 e. The van der Waals surface area contributed by atoms with Crippen molar-refractivity contribution in [3.63, 3.8) is 0 Å². The molecule has 0 bridgehead atoms. The van der Waals surface area contributed by atoms with Crippen LogP contribution in [0.2, 0.25) is 0 Å². The van der Waals surface area contributed by atoms with Crippen LogP contribution < -0.4 is 16.6 Å². The van der Waals surface area contributed by atoms with Gasteiger partial charge in [0.2, 0.25) is 5.91 Å². The van der Waals surface area contributed by atoms with Gasteiger partial charge < -0.3 is 5.32 Å². The van der Waals surface area contributed by atoms with E-state index in [-0.39, 0.29) is 17.9 Å². The molecule has 0 saturated carbocycles. The Balaban J connectivity index is 1.94. The van der Waals surface area contributed by atoms with Gasteiger partial charge in [-0.05, 0) is 42.1 Å². The molecule has 3 rings (SSSR count). The van der Waals surface area contributed by atoms with Gasteiger partial charge in [0.05, 0.1) is 5.52 Å². The fourth-order valence-electron chi connectivity index (χ4n) is 2.42. The van der Waals surface area contributed by atoms with Crippen molar-refractivity contribution in [2.45, 2.75) is 13.5 Å². The maximum atomic E-state index is 13.3. The fourth-order valence-corrected chi connectivity index (χ4v) is 3.29. The van der Waals surface area contributed by atoms with Crippen molar-refractivity contribution in [1.82, 2.24) is 9.13 Å². The number of aromatic nitrogens is 2. The third kappa shape index (κ3) is 2.76. The Hall–Kier alpha value is -2.74. The number of nitrogens with zero attached hydrogens (tertiary/aromatic N) is 2. The van der Waals surface area contributed by atoms with Crippen molar-refractivity contribution in [3.05, 3.63) is 61.9 Å². The second kappa shape index (κ2) is 6.04. The van der Waals surface area contributed by atoms with E-state index in [1.165, 1.54) is 41.2 Å². The standard InChI is InChI=1S/C16H14FN3O3S/c1-9-7-10(3-4-11(9)17)18-13(21)8-20-12-5-6-24-14(12)15(22)19(2)16(20)23/h3-7H,8H2,1-2H3,(H,18,21). The number of anilines is 1. The molecule has 24 heavy (non-hydrogen) atoms. The molecule has 1 aromatic carbocycles. The van der Waals surface area contributed by atoms with Gasteiger partial charge in [0.25, 0.3) is 5.56 Å². The predicted octanol–water partition coefficient (Wildman–Crippen LogP) is 1.85. The first-order valence-electron chi connectivity index (χ1n) is 7.11. The van der Waals surface area contributed by atoms with E-state index in [9.17, 15) is 18.8 Å². The summed E-state index contributed by atoms with van der Waals surface area (Å²) in [6.07, 6.45) is 0. The Morgan fingerprint density at radius 1 is 1.29 bits per heavy atom. The number of aryl methyl sites for hydroxylation is 1. The van der Waals surface area contributed by atoms with Gasteiger partial charge in [0.15, 0.2) is 0 Å². The summed E-state index contributed by atoms with van der Waals surface area (Å²) < 4.78 is 15.9. The van der Waals surface area contributed by atoms with Gasteiger partial charge in [-0.3, -0.25) is 18.7 Å². The maximum absolute atomic E-state index is 13.3. The molecule has 0 aliphatic carbocycles.